The highest BCUT2D eigenvalue weighted by Gasteiger charge is 2.19. The molecule has 72 heavy (non-hydrogen) atoms. The summed E-state index contributed by atoms with van der Waals surface area (Å²) in [5.74, 6) is -0.916. The molecular formula is C66H110O6. The lowest BCUT2D eigenvalue weighted by molar-refractivity contribution is -0.167. The van der Waals surface area contributed by atoms with Crippen molar-refractivity contribution in [2.75, 3.05) is 13.2 Å². The van der Waals surface area contributed by atoms with Crippen LogP contribution >= 0.6 is 0 Å². The lowest BCUT2D eigenvalue weighted by Gasteiger charge is -2.18. The number of esters is 3. The summed E-state index contributed by atoms with van der Waals surface area (Å²) in [7, 11) is 0. The summed E-state index contributed by atoms with van der Waals surface area (Å²) >= 11 is 0. The van der Waals surface area contributed by atoms with Crippen molar-refractivity contribution in [1.29, 1.82) is 0 Å². The van der Waals surface area contributed by atoms with Crippen molar-refractivity contribution in [3.8, 4) is 0 Å². The van der Waals surface area contributed by atoms with Crippen LogP contribution in [0.4, 0.5) is 0 Å². The van der Waals surface area contributed by atoms with Gasteiger partial charge in [-0.15, -0.1) is 0 Å². The number of ether oxygens (including phenoxy) is 3. The fourth-order valence-corrected chi connectivity index (χ4v) is 8.04. The molecule has 410 valence electrons. The Balaban J connectivity index is 4.32. The number of carbonyl (C=O) groups excluding carboxylic acids is 3. The summed E-state index contributed by atoms with van der Waals surface area (Å²) in [6.45, 7) is 6.47. The molecule has 1 atom stereocenters. The summed E-state index contributed by atoms with van der Waals surface area (Å²) in [6, 6.07) is 0. The Morgan fingerprint density at radius 2 is 0.542 bits per heavy atom. The van der Waals surface area contributed by atoms with E-state index < -0.39 is 6.10 Å². The van der Waals surface area contributed by atoms with E-state index in [1.54, 1.807) is 0 Å². The molecule has 0 saturated carbocycles. The van der Waals surface area contributed by atoms with Gasteiger partial charge in [0, 0.05) is 19.3 Å². The Bertz CT molecular complexity index is 1470. The van der Waals surface area contributed by atoms with Gasteiger partial charge in [-0.3, -0.25) is 14.4 Å². The number of rotatable bonds is 53. The van der Waals surface area contributed by atoms with E-state index >= 15 is 0 Å². The van der Waals surface area contributed by atoms with Crippen molar-refractivity contribution in [1.82, 2.24) is 0 Å². The van der Waals surface area contributed by atoms with Crippen LogP contribution in [-0.2, 0) is 28.6 Å². The molecule has 0 spiro atoms. The highest BCUT2D eigenvalue weighted by molar-refractivity contribution is 5.71. The standard InChI is InChI=1S/C66H110O6/c1-4-7-10-13-16-19-21-23-25-27-29-30-31-32-33-34-35-36-37-39-40-42-44-47-50-53-56-59-65(68)71-62-63(61-70-64(67)58-55-52-49-46-18-15-12-9-6-3)72-66(69)60-57-54-51-48-45-43-41-38-28-26-24-22-20-17-14-11-8-5-2/h7,10,16,19-20,22-23,25-26,28-30,32-33,35-36,39-40,63H,4-6,8-9,11-15,17-18,21,24,27,31,34,37-38,41-62H2,1-3H3/b10-7-,19-16-,22-20-,25-23-,28-26-,30-29-,33-32-,36-35-,40-39-. The van der Waals surface area contributed by atoms with Gasteiger partial charge >= 0.3 is 17.9 Å². The molecule has 0 heterocycles. The molecule has 0 aliphatic heterocycles. The summed E-state index contributed by atoms with van der Waals surface area (Å²) in [4.78, 5) is 38.1. The van der Waals surface area contributed by atoms with E-state index in [4.69, 9.17) is 14.2 Å². The van der Waals surface area contributed by atoms with Gasteiger partial charge in [0.05, 0.1) is 0 Å². The van der Waals surface area contributed by atoms with E-state index in [2.05, 4.69) is 130 Å². The first-order valence-corrected chi connectivity index (χ1v) is 29.9. The molecule has 0 bridgehead atoms. The number of carbonyl (C=O) groups is 3. The molecule has 0 fully saturated rings. The molecule has 0 amide bonds. The highest BCUT2D eigenvalue weighted by atomic mass is 16.6. The van der Waals surface area contributed by atoms with Gasteiger partial charge in [0.25, 0.3) is 0 Å². The predicted molar refractivity (Wildman–Crippen MR) is 311 cm³/mol. The van der Waals surface area contributed by atoms with Gasteiger partial charge in [0.2, 0.25) is 0 Å². The number of hydrogen-bond donors (Lipinski definition) is 0. The maximum absolute atomic E-state index is 12.8. The molecule has 6 nitrogen and oxygen atoms in total. The summed E-state index contributed by atoms with van der Waals surface area (Å²) < 4.78 is 16.8. The molecular weight excluding hydrogens is 889 g/mol. The summed E-state index contributed by atoms with van der Waals surface area (Å²) in [6.07, 6.45) is 80.9. The minimum Gasteiger partial charge on any atom is -0.462 e. The average molecular weight is 1000 g/mol. The van der Waals surface area contributed by atoms with Crippen LogP contribution in [0.2, 0.25) is 0 Å². The minimum absolute atomic E-state index is 0.0872. The zero-order valence-corrected chi connectivity index (χ0v) is 46.9. The molecule has 0 rings (SSSR count). The molecule has 0 saturated heterocycles. The van der Waals surface area contributed by atoms with Crippen LogP contribution < -0.4 is 0 Å². The van der Waals surface area contributed by atoms with Gasteiger partial charge < -0.3 is 14.2 Å². The SMILES string of the molecule is CC/C=C\C/C=C\C/C=C\C/C=C\C/C=C\C/C=C\C/C=C\CCCCCCCC(=O)OCC(COC(=O)CCCCCCCCCCC)OC(=O)CCCCCCCCC/C=C\C/C=C\CCCCCC. The maximum Gasteiger partial charge on any atom is 0.306 e. The second kappa shape index (κ2) is 59.6. The largest absolute Gasteiger partial charge is 0.462 e. The van der Waals surface area contributed by atoms with Gasteiger partial charge in [-0.1, -0.05) is 252 Å². The van der Waals surface area contributed by atoms with E-state index in [9.17, 15) is 14.4 Å². The van der Waals surface area contributed by atoms with Crippen LogP contribution in [0.15, 0.2) is 109 Å². The predicted octanol–water partition coefficient (Wildman–Crippen LogP) is 20.3. The molecule has 0 aromatic heterocycles. The molecule has 0 N–H and O–H groups in total. The number of allylic oxidation sites excluding steroid dienone is 18. The monoisotopic (exact) mass is 999 g/mol. The van der Waals surface area contributed by atoms with Crippen molar-refractivity contribution in [3.63, 3.8) is 0 Å². The molecule has 0 aliphatic carbocycles. The Morgan fingerprint density at radius 1 is 0.292 bits per heavy atom. The van der Waals surface area contributed by atoms with Gasteiger partial charge in [0.1, 0.15) is 13.2 Å². The summed E-state index contributed by atoms with van der Waals surface area (Å²) in [5, 5.41) is 0. The first kappa shape index (κ1) is 68.1. The first-order valence-electron chi connectivity index (χ1n) is 29.9. The first-order chi connectivity index (χ1) is 35.5. The Hall–Kier alpha value is -3.93. The molecule has 1 unspecified atom stereocenters. The quantitative estimate of drug-likeness (QED) is 0.0261. The van der Waals surface area contributed by atoms with Crippen molar-refractivity contribution < 1.29 is 28.6 Å². The molecule has 6 heteroatoms. The van der Waals surface area contributed by atoms with E-state index in [-0.39, 0.29) is 31.1 Å². The van der Waals surface area contributed by atoms with E-state index in [0.717, 1.165) is 135 Å². The van der Waals surface area contributed by atoms with Crippen molar-refractivity contribution in [2.45, 2.75) is 277 Å². The minimum atomic E-state index is -0.790. The second-order valence-corrected chi connectivity index (χ2v) is 19.5. The molecule has 0 aliphatic rings. The van der Waals surface area contributed by atoms with E-state index in [0.29, 0.717) is 19.3 Å². The average Bonchev–Trinajstić information content (AvgIpc) is 3.38. The van der Waals surface area contributed by atoms with Gasteiger partial charge in [-0.05, 0) is 109 Å². The van der Waals surface area contributed by atoms with Crippen LogP contribution in [0, 0.1) is 0 Å². The normalized spacial score (nSPS) is 12.9. The molecule has 0 aromatic carbocycles. The Labute approximate surface area is 444 Å². The van der Waals surface area contributed by atoms with Crippen LogP contribution in [0.1, 0.15) is 271 Å². The smallest absolute Gasteiger partial charge is 0.306 e. The Morgan fingerprint density at radius 3 is 0.861 bits per heavy atom. The van der Waals surface area contributed by atoms with E-state index in [1.807, 2.05) is 0 Å². The fourth-order valence-electron chi connectivity index (χ4n) is 8.04. The molecule has 0 aromatic rings. The van der Waals surface area contributed by atoms with Crippen molar-refractivity contribution in [2.24, 2.45) is 0 Å². The summed E-state index contributed by atoms with van der Waals surface area (Å²) in [5.41, 5.74) is 0. The van der Waals surface area contributed by atoms with Crippen LogP contribution in [0.25, 0.3) is 0 Å². The number of hydrogen-bond acceptors (Lipinski definition) is 6. The van der Waals surface area contributed by atoms with Crippen molar-refractivity contribution in [3.05, 3.63) is 109 Å². The van der Waals surface area contributed by atoms with Crippen LogP contribution in [0.5, 0.6) is 0 Å². The third-order valence-corrected chi connectivity index (χ3v) is 12.5. The second-order valence-electron chi connectivity index (χ2n) is 19.5. The van der Waals surface area contributed by atoms with Gasteiger partial charge in [-0.25, -0.2) is 0 Å². The van der Waals surface area contributed by atoms with E-state index in [1.165, 1.54) is 96.3 Å². The maximum atomic E-state index is 12.8. The molecule has 0 radical (unpaired) electrons. The fraction of sp³-hybridized carbons (Fsp3) is 0.682. The topological polar surface area (TPSA) is 78.9 Å². The van der Waals surface area contributed by atoms with Crippen molar-refractivity contribution >= 4 is 17.9 Å². The van der Waals surface area contributed by atoms with Crippen LogP contribution in [0.3, 0.4) is 0 Å². The van der Waals surface area contributed by atoms with Crippen LogP contribution in [-0.4, -0.2) is 37.2 Å². The Kier molecular flexibility index (Phi) is 56.4. The van der Waals surface area contributed by atoms with Gasteiger partial charge in [-0.2, -0.15) is 0 Å². The zero-order chi connectivity index (χ0) is 52.2. The third-order valence-electron chi connectivity index (χ3n) is 12.5. The third kappa shape index (κ3) is 57.0. The lowest BCUT2D eigenvalue weighted by atomic mass is 10.1. The highest BCUT2D eigenvalue weighted by Crippen LogP contribution is 2.14. The number of unbranched alkanes of at least 4 members (excludes halogenated alkanes) is 24. The van der Waals surface area contributed by atoms with Gasteiger partial charge in [0.15, 0.2) is 6.10 Å². The lowest BCUT2D eigenvalue weighted by Crippen LogP contribution is -2.30. The zero-order valence-electron chi connectivity index (χ0n) is 46.9.